The fourth-order valence-corrected chi connectivity index (χ4v) is 5.64. The Bertz CT molecular complexity index is 1210. The standard InChI is InChI=1S/C10H14FN4O14P3/c11-9-12-3-1-15(10(18)14-7(3)13-9)8-6(17)5(16)4(27-8)2-26-31(22,23)29-32(24,25)28-30(19,20)21/h1,4-6,8,16-17H,2H2,(H,22,23)(H,24,25)(H2,19,20,21)(H,12,13,14,18)/t4-,5?,6+,8-/m1/s1. The third-order valence-electron chi connectivity index (χ3n) is 3.80. The van der Waals surface area contributed by atoms with Crippen LogP contribution < -0.4 is 5.69 Å². The second-order valence-corrected chi connectivity index (χ2v) is 10.5. The van der Waals surface area contributed by atoms with E-state index >= 15 is 0 Å². The van der Waals surface area contributed by atoms with Crippen LogP contribution in [-0.2, 0) is 31.6 Å². The SMILES string of the molecule is O=c1nc2[nH]c(F)nc2cn1[C@@H]1O[C@H](COP(=O)(O)OP(=O)(O)OP(=O)(O)O)C(O)[C@@H]1O. The van der Waals surface area contributed by atoms with Crippen LogP contribution >= 0.6 is 23.5 Å². The summed E-state index contributed by atoms with van der Waals surface area (Å²) in [6, 6.07) is 0. The Labute approximate surface area is 174 Å². The van der Waals surface area contributed by atoms with Gasteiger partial charge in [0.25, 0.3) is 6.08 Å². The lowest BCUT2D eigenvalue weighted by atomic mass is 10.1. The van der Waals surface area contributed by atoms with Crippen LogP contribution in [0.15, 0.2) is 11.0 Å². The van der Waals surface area contributed by atoms with Gasteiger partial charge in [-0.15, -0.1) is 0 Å². The lowest BCUT2D eigenvalue weighted by Crippen LogP contribution is -2.36. The number of nitrogens with zero attached hydrogens (tertiary/aromatic N) is 3. The molecule has 2 aromatic heterocycles. The zero-order valence-electron chi connectivity index (χ0n) is 15.1. The highest BCUT2D eigenvalue weighted by Gasteiger charge is 2.46. The molecule has 0 radical (unpaired) electrons. The number of hydrogen-bond donors (Lipinski definition) is 7. The van der Waals surface area contributed by atoms with E-state index in [2.05, 4.69) is 28.1 Å². The quantitative estimate of drug-likeness (QED) is 0.148. The number of aliphatic hydroxyl groups is 2. The van der Waals surface area contributed by atoms with Crippen LogP contribution in [0.5, 0.6) is 0 Å². The highest BCUT2D eigenvalue weighted by atomic mass is 31.3. The molecule has 1 fully saturated rings. The fraction of sp³-hybridized carbons (Fsp3) is 0.500. The molecule has 7 N–H and O–H groups in total. The first-order valence-electron chi connectivity index (χ1n) is 8.01. The van der Waals surface area contributed by atoms with Crippen LogP contribution in [0.25, 0.3) is 11.2 Å². The molecule has 3 heterocycles. The minimum absolute atomic E-state index is 0.135. The van der Waals surface area contributed by atoms with Gasteiger partial charge in [0.2, 0.25) is 0 Å². The van der Waals surface area contributed by atoms with Crippen molar-refractivity contribution < 1.29 is 65.8 Å². The summed E-state index contributed by atoms with van der Waals surface area (Å²) < 4.78 is 64.0. The van der Waals surface area contributed by atoms with E-state index in [0.29, 0.717) is 4.57 Å². The number of halogens is 1. The van der Waals surface area contributed by atoms with Gasteiger partial charge in [0.05, 0.1) is 6.61 Å². The van der Waals surface area contributed by atoms with Crippen LogP contribution in [0.2, 0.25) is 0 Å². The number of phosphoric acid groups is 3. The number of nitrogens with one attached hydrogen (secondary N) is 1. The number of H-pyrrole nitrogens is 1. The van der Waals surface area contributed by atoms with E-state index in [1.165, 1.54) is 0 Å². The molecule has 22 heteroatoms. The van der Waals surface area contributed by atoms with Crippen molar-refractivity contribution in [2.24, 2.45) is 0 Å². The van der Waals surface area contributed by atoms with Crippen molar-refractivity contribution >= 4 is 34.6 Å². The number of aromatic nitrogens is 4. The number of phosphoric ester groups is 1. The van der Waals surface area contributed by atoms with Gasteiger partial charge in [-0.1, -0.05) is 0 Å². The topological polar surface area (TPSA) is 273 Å². The van der Waals surface area contributed by atoms with E-state index in [0.717, 1.165) is 6.20 Å². The lowest BCUT2D eigenvalue weighted by molar-refractivity contribution is -0.0539. The number of aromatic amines is 1. The van der Waals surface area contributed by atoms with Crippen molar-refractivity contribution in [1.82, 2.24) is 19.5 Å². The monoisotopic (exact) mass is 526 g/mol. The predicted molar refractivity (Wildman–Crippen MR) is 93.8 cm³/mol. The van der Waals surface area contributed by atoms with Crippen molar-refractivity contribution in [1.29, 1.82) is 0 Å². The van der Waals surface area contributed by atoms with Crippen molar-refractivity contribution in [3.05, 3.63) is 22.8 Å². The van der Waals surface area contributed by atoms with Crippen molar-refractivity contribution in [2.45, 2.75) is 24.5 Å². The molecule has 0 aliphatic carbocycles. The van der Waals surface area contributed by atoms with E-state index in [4.69, 9.17) is 19.4 Å². The number of ether oxygens (including phenoxy) is 1. The summed E-state index contributed by atoms with van der Waals surface area (Å²) in [6.07, 6.45) is -7.03. The van der Waals surface area contributed by atoms with Gasteiger partial charge in [-0.25, -0.2) is 18.5 Å². The molecule has 0 amide bonds. The Morgan fingerprint density at radius 1 is 1.09 bits per heavy atom. The van der Waals surface area contributed by atoms with Crippen LogP contribution in [0.4, 0.5) is 4.39 Å². The van der Waals surface area contributed by atoms with Crippen LogP contribution in [0.1, 0.15) is 6.23 Å². The van der Waals surface area contributed by atoms with Crippen LogP contribution in [0, 0.1) is 6.08 Å². The molecule has 0 aromatic carbocycles. The van der Waals surface area contributed by atoms with Gasteiger partial charge in [0, 0.05) is 6.20 Å². The smallest absolute Gasteiger partial charge is 0.387 e. The second-order valence-electron chi connectivity index (χ2n) is 6.13. The molecular weight excluding hydrogens is 512 g/mol. The maximum Gasteiger partial charge on any atom is 0.490 e. The molecule has 2 aromatic rings. The molecular formula is C10H14FN4O14P3. The van der Waals surface area contributed by atoms with Gasteiger partial charge in [-0.05, 0) is 0 Å². The van der Waals surface area contributed by atoms with Crippen molar-refractivity contribution in [2.75, 3.05) is 6.61 Å². The zero-order valence-corrected chi connectivity index (χ0v) is 17.8. The molecule has 3 unspecified atom stereocenters. The predicted octanol–water partition coefficient (Wildman–Crippen LogP) is -1.78. The Hall–Kier alpha value is -1.43. The summed E-state index contributed by atoms with van der Waals surface area (Å²) >= 11 is 0. The van der Waals surface area contributed by atoms with Crippen molar-refractivity contribution in [3.8, 4) is 0 Å². The number of imidazole rings is 1. The van der Waals surface area contributed by atoms with Gasteiger partial charge in [0.1, 0.15) is 23.8 Å². The average Bonchev–Trinajstić information content (AvgIpc) is 3.08. The molecule has 0 bridgehead atoms. The summed E-state index contributed by atoms with van der Waals surface area (Å²) in [7, 11) is -16.9. The maximum atomic E-state index is 13.2. The molecule has 1 aliphatic rings. The summed E-state index contributed by atoms with van der Waals surface area (Å²) in [5, 5.41) is 20.2. The Balaban J connectivity index is 1.71. The van der Waals surface area contributed by atoms with Gasteiger partial charge in [-0.2, -0.15) is 23.0 Å². The summed E-state index contributed by atoms with van der Waals surface area (Å²) in [6.45, 7) is -1.08. The molecule has 0 spiro atoms. The summed E-state index contributed by atoms with van der Waals surface area (Å²) in [5.74, 6) is 0. The first-order valence-corrected chi connectivity index (χ1v) is 12.5. The average molecular weight is 526 g/mol. The molecule has 6 atom stereocenters. The van der Waals surface area contributed by atoms with Gasteiger partial charge in [-0.3, -0.25) is 14.1 Å². The van der Waals surface area contributed by atoms with E-state index in [-0.39, 0.29) is 11.2 Å². The van der Waals surface area contributed by atoms with E-state index < -0.39 is 66.4 Å². The molecule has 32 heavy (non-hydrogen) atoms. The molecule has 180 valence electrons. The van der Waals surface area contributed by atoms with E-state index in [1.807, 2.05) is 0 Å². The molecule has 18 nitrogen and oxygen atoms in total. The Morgan fingerprint density at radius 3 is 2.38 bits per heavy atom. The molecule has 1 aliphatic heterocycles. The second kappa shape index (κ2) is 8.73. The normalized spacial score (nSPS) is 28.0. The van der Waals surface area contributed by atoms with E-state index in [1.54, 1.807) is 0 Å². The maximum absolute atomic E-state index is 13.2. The van der Waals surface area contributed by atoms with E-state index in [9.17, 15) is 38.0 Å². The summed E-state index contributed by atoms with van der Waals surface area (Å²) in [4.78, 5) is 56.5. The number of aliphatic hydroxyl groups excluding tert-OH is 2. The Kier molecular flexibility index (Phi) is 6.88. The summed E-state index contributed by atoms with van der Waals surface area (Å²) in [5.41, 5.74) is -1.39. The van der Waals surface area contributed by atoms with Crippen LogP contribution in [-0.4, -0.2) is 74.2 Å². The first-order chi connectivity index (χ1) is 14.6. The highest BCUT2D eigenvalue weighted by Crippen LogP contribution is 2.66. The zero-order chi connectivity index (χ0) is 24.1. The lowest BCUT2D eigenvalue weighted by Gasteiger charge is -2.19. The van der Waals surface area contributed by atoms with Crippen molar-refractivity contribution in [3.63, 3.8) is 0 Å². The Morgan fingerprint density at radius 2 is 1.75 bits per heavy atom. The largest absolute Gasteiger partial charge is 0.490 e. The fourth-order valence-electron chi connectivity index (χ4n) is 2.61. The third kappa shape index (κ3) is 5.92. The van der Waals surface area contributed by atoms with Gasteiger partial charge >= 0.3 is 29.2 Å². The molecule has 3 rings (SSSR count). The highest BCUT2D eigenvalue weighted by molar-refractivity contribution is 7.66. The molecule has 0 saturated carbocycles. The third-order valence-corrected chi connectivity index (χ3v) is 7.60. The molecule has 1 saturated heterocycles. The minimum atomic E-state index is -5.76. The van der Waals surface area contributed by atoms with Gasteiger partial charge < -0.3 is 34.5 Å². The number of hydrogen-bond acceptors (Lipinski definition) is 12. The van der Waals surface area contributed by atoms with Crippen LogP contribution in [0.3, 0.4) is 0 Å². The number of fused-ring (bicyclic) bond motifs is 1. The minimum Gasteiger partial charge on any atom is -0.387 e. The first kappa shape index (κ1) is 25.2. The van der Waals surface area contributed by atoms with Gasteiger partial charge in [0.15, 0.2) is 11.9 Å². The number of rotatable bonds is 8.